The fraction of sp³-hybridized carbons (Fsp3) is 0.647. The van der Waals surface area contributed by atoms with Crippen molar-refractivity contribution in [2.24, 2.45) is 0 Å². The van der Waals surface area contributed by atoms with Gasteiger partial charge in [0.1, 0.15) is 12.4 Å². The molecule has 1 aromatic rings. The zero-order chi connectivity index (χ0) is 14.0. The van der Waals surface area contributed by atoms with Crippen molar-refractivity contribution >= 4 is 0 Å². The topological polar surface area (TPSA) is 41.5 Å². The molecule has 0 heterocycles. The number of ether oxygens (including phenoxy) is 1. The Morgan fingerprint density at radius 3 is 2.75 bits per heavy atom. The summed E-state index contributed by atoms with van der Waals surface area (Å²) in [6.45, 7) is 3.36. The van der Waals surface area contributed by atoms with Crippen LogP contribution in [-0.2, 0) is 6.54 Å². The minimum atomic E-state index is -0.608. The van der Waals surface area contributed by atoms with E-state index in [2.05, 4.69) is 30.4 Å². The SMILES string of the molecule is Cc1cccc(CNC2CC2)c1OCC1(O)CCCC1. The van der Waals surface area contributed by atoms with E-state index in [0.29, 0.717) is 12.6 Å². The number of hydrogen-bond donors (Lipinski definition) is 2. The number of aryl methyl sites for hydroxylation is 1. The Morgan fingerprint density at radius 1 is 1.30 bits per heavy atom. The Balaban J connectivity index is 1.66. The summed E-state index contributed by atoms with van der Waals surface area (Å²) in [5.41, 5.74) is 1.75. The standard InChI is InChI=1S/C17H25NO2/c1-13-5-4-6-14(11-18-15-7-8-15)16(13)20-12-17(19)9-2-3-10-17/h4-6,15,18-19H,2-3,7-12H2,1H3. The van der Waals surface area contributed by atoms with Crippen molar-refractivity contribution in [1.82, 2.24) is 5.32 Å². The number of benzene rings is 1. The first-order chi connectivity index (χ1) is 9.66. The van der Waals surface area contributed by atoms with Crippen LogP contribution in [0.15, 0.2) is 18.2 Å². The molecular weight excluding hydrogens is 250 g/mol. The van der Waals surface area contributed by atoms with E-state index in [1.165, 1.54) is 18.4 Å². The number of para-hydroxylation sites is 1. The molecule has 0 radical (unpaired) electrons. The van der Waals surface area contributed by atoms with Gasteiger partial charge in [0, 0.05) is 18.2 Å². The lowest BCUT2D eigenvalue weighted by Gasteiger charge is -2.24. The molecule has 20 heavy (non-hydrogen) atoms. The average molecular weight is 275 g/mol. The number of hydrogen-bond acceptors (Lipinski definition) is 3. The molecule has 3 nitrogen and oxygen atoms in total. The minimum absolute atomic E-state index is 0.425. The second-order valence-electron chi connectivity index (χ2n) is 6.44. The highest BCUT2D eigenvalue weighted by Crippen LogP contribution is 2.32. The zero-order valence-electron chi connectivity index (χ0n) is 12.3. The van der Waals surface area contributed by atoms with Crippen molar-refractivity contribution in [2.75, 3.05) is 6.61 Å². The van der Waals surface area contributed by atoms with Crippen molar-refractivity contribution in [3.8, 4) is 5.75 Å². The first-order valence-electron chi connectivity index (χ1n) is 7.83. The maximum absolute atomic E-state index is 10.4. The van der Waals surface area contributed by atoms with Crippen molar-refractivity contribution < 1.29 is 9.84 Å². The molecule has 0 spiro atoms. The number of aliphatic hydroxyl groups is 1. The average Bonchev–Trinajstić information content (AvgIpc) is 3.16. The lowest BCUT2D eigenvalue weighted by Crippen LogP contribution is -2.32. The fourth-order valence-corrected chi connectivity index (χ4v) is 2.98. The summed E-state index contributed by atoms with van der Waals surface area (Å²) >= 11 is 0. The third kappa shape index (κ3) is 3.33. The number of nitrogens with one attached hydrogen (secondary N) is 1. The lowest BCUT2D eigenvalue weighted by atomic mass is 10.0. The van der Waals surface area contributed by atoms with Gasteiger partial charge in [-0.25, -0.2) is 0 Å². The Kier molecular flexibility index (Phi) is 3.99. The normalized spacial score (nSPS) is 21.1. The van der Waals surface area contributed by atoms with Gasteiger partial charge in [-0.15, -0.1) is 0 Å². The van der Waals surface area contributed by atoms with E-state index in [1.807, 2.05) is 0 Å². The first kappa shape index (κ1) is 13.9. The third-order valence-corrected chi connectivity index (χ3v) is 4.47. The maximum Gasteiger partial charge on any atom is 0.126 e. The van der Waals surface area contributed by atoms with Gasteiger partial charge < -0.3 is 15.2 Å². The summed E-state index contributed by atoms with van der Waals surface area (Å²) in [5, 5.41) is 14.0. The van der Waals surface area contributed by atoms with Crippen LogP contribution in [0.25, 0.3) is 0 Å². The highest BCUT2D eigenvalue weighted by molar-refractivity contribution is 5.40. The van der Waals surface area contributed by atoms with E-state index in [1.54, 1.807) is 0 Å². The van der Waals surface area contributed by atoms with Crippen LogP contribution in [0.5, 0.6) is 5.75 Å². The van der Waals surface area contributed by atoms with E-state index in [4.69, 9.17) is 4.74 Å². The quantitative estimate of drug-likeness (QED) is 0.838. The predicted molar refractivity (Wildman–Crippen MR) is 80.0 cm³/mol. The molecule has 3 rings (SSSR count). The van der Waals surface area contributed by atoms with Crippen LogP contribution in [0.4, 0.5) is 0 Å². The van der Waals surface area contributed by atoms with Gasteiger partial charge in [-0.1, -0.05) is 31.0 Å². The van der Waals surface area contributed by atoms with E-state index < -0.39 is 5.60 Å². The third-order valence-electron chi connectivity index (χ3n) is 4.47. The number of rotatable bonds is 6. The molecule has 3 heteroatoms. The van der Waals surface area contributed by atoms with E-state index >= 15 is 0 Å². The molecule has 0 unspecified atom stereocenters. The summed E-state index contributed by atoms with van der Waals surface area (Å²) in [6.07, 6.45) is 6.56. The summed E-state index contributed by atoms with van der Waals surface area (Å²) in [6, 6.07) is 6.98. The molecule has 0 amide bonds. The monoisotopic (exact) mass is 275 g/mol. The smallest absolute Gasteiger partial charge is 0.126 e. The maximum atomic E-state index is 10.4. The highest BCUT2D eigenvalue weighted by Gasteiger charge is 2.32. The fourth-order valence-electron chi connectivity index (χ4n) is 2.98. The van der Waals surface area contributed by atoms with Gasteiger partial charge in [0.2, 0.25) is 0 Å². The molecule has 110 valence electrons. The molecule has 2 fully saturated rings. The van der Waals surface area contributed by atoms with Crippen LogP contribution in [0.1, 0.15) is 49.7 Å². The second-order valence-corrected chi connectivity index (χ2v) is 6.44. The van der Waals surface area contributed by atoms with Gasteiger partial charge in [0.15, 0.2) is 0 Å². The second kappa shape index (κ2) is 5.74. The summed E-state index contributed by atoms with van der Waals surface area (Å²) in [7, 11) is 0. The Labute approximate surface area is 121 Å². The van der Waals surface area contributed by atoms with Gasteiger partial charge in [0.05, 0.1) is 5.60 Å². The molecule has 0 bridgehead atoms. The van der Waals surface area contributed by atoms with Crippen molar-refractivity contribution in [3.05, 3.63) is 29.3 Å². The van der Waals surface area contributed by atoms with E-state index in [-0.39, 0.29) is 0 Å². The van der Waals surface area contributed by atoms with E-state index in [0.717, 1.165) is 43.5 Å². The van der Waals surface area contributed by atoms with Crippen LogP contribution in [-0.4, -0.2) is 23.4 Å². The van der Waals surface area contributed by atoms with Gasteiger partial charge in [0.25, 0.3) is 0 Å². The molecule has 0 aliphatic heterocycles. The molecule has 0 saturated heterocycles. The van der Waals surface area contributed by atoms with Gasteiger partial charge in [-0.3, -0.25) is 0 Å². The van der Waals surface area contributed by atoms with E-state index in [9.17, 15) is 5.11 Å². The Morgan fingerprint density at radius 2 is 2.05 bits per heavy atom. The lowest BCUT2D eigenvalue weighted by molar-refractivity contribution is 0.000920. The largest absolute Gasteiger partial charge is 0.490 e. The molecular formula is C17H25NO2. The Bertz CT molecular complexity index is 462. The summed E-state index contributed by atoms with van der Waals surface area (Å²) in [5.74, 6) is 0.959. The van der Waals surface area contributed by atoms with Crippen LogP contribution < -0.4 is 10.1 Å². The molecule has 2 N–H and O–H groups in total. The van der Waals surface area contributed by atoms with Crippen molar-refractivity contribution in [2.45, 2.75) is 63.6 Å². The molecule has 0 aromatic heterocycles. The van der Waals surface area contributed by atoms with Crippen LogP contribution in [0, 0.1) is 6.92 Å². The zero-order valence-corrected chi connectivity index (χ0v) is 12.3. The van der Waals surface area contributed by atoms with Crippen LogP contribution in [0.3, 0.4) is 0 Å². The van der Waals surface area contributed by atoms with Crippen LogP contribution in [0.2, 0.25) is 0 Å². The summed E-state index contributed by atoms with van der Waals surface area (Å²) in [4.78, 5) is 0. The minimum Gasteiger partial charge on any atom is -0.490 e. The van der Waals surface area contributed by atoms with Crippen molar-refractivity contribution in [3.63, 3.8) is 0 Å². The molecule has 2 aliphatic carbocycles. The van der Waals surface area contributed by atoms with Crippen LogP contribution >= 0.6 is 0 Å². The van der Waals surface area contributed by atoms with Gasteiger partial charge in [-0.2, -0.15) is 0 Å². The van der Waals surface area contributed by atoms with Gasteiger partial charge >= 0.3 is 0 Å². The van der Waals surface area contributed by atoms with Crippen molar-refractivity contribution in [1.29, 1.82) is 0 Å². The first-order valence-corrected chi connectivity index (χ1v) is 7.83. The summed E-state index contributed by atoms with van der Waals surface area (Å²) < 4.78 is 6.02. The van der Waals surface area contributed by atoms with Gasteiger partial charge in [-0.05, 0) is 38.2 Å². The predicted octanol–water partition coefficient (Wildman–Crippen LogP) is 2.93. The Hall–Kier alpha value is -1.06. The molecule has 1 aromatic carbocycles. The molecule has 2 aliphatic rings. The highest BCUT2D eigenvalue weighted by atomic mass is 16.5. The molecule has 2 saturated carbocycles. The molecule has 0 atom stereocenters.